The Morgan fingerprint density at radius 3 is 2.58 bits per heavy atom. The molecule has 31 heavy (non-hydrogen) atoms. The van der Waals surface area contributed by atoms with Gasteiger partial charge in [0, 0.05) is 18.2 Å². The van der Waals surface area contributed by atoms with Gasteiger partial charge in [-0.1, -0.05) is 61.4 Å². The van der Waals surface area contributed by atoms with E-state index in [0.29, 0.717) is 17.7 Å². The number of thioether (sulfide) groups is 1. The summed E-state index contributed by atoms with van der Waals surface area (Å²) in [7, 11) is 0. The molecule has 1 heterocycles. The number of carbonyl (C=O) groups excluding carboxylic acids is 1. The van der Waals surface area contributed by atoms with Crippen molar-refractivity contribution < 1.29 is 13.6 Å². The second-order valence-electron chi connectivity index (χ2n) is 7.92. The Morgan fingerprint density at radius 2 is 1.84 bits per heavy atom. The predicted molar refractivity (Wildman–Crippen MR) is 119 cm³/mol. The SMILES string of the molecule is Cc1ccccc1-c1nnc(SCC(=O)N(Cc2ccc(F)cc2)C2CCCCC2)o1. The van der Waals surface area contributed by atoms with Crippen LogP contribution in [0, 0.1) is 12.7 Å². The molecule has 1 fully saturated rings. The molecule has 0 atom stereocenters. The van der Waals surface area contributed by atoms with Crippen LogP contribution in [0.3, 0.4) is 0 Å². The van der Waals surface area contributed by atoms with Gasteiger partial charge in [-0.05, 0) is 49.1 Å². The fourth-order valence-corrected chi connectivity index (χ4v) is 4.65. The van der Waals surface area contributed by atoms with Gasteiger partial charge in [0.05, 0.1) is 5.75 Å². The van der Waals surface area contributed by atoms with Gasteiger partial charge in [0.2, 0.25) is 11.8 Å². The number of halogens is 1. The predicted octanol–water partition coefficient (Wildman–Crippen LogP) is 5.64. The van der Waals surface area contributed by atoms with Crippen LogP contribution >= 0.6 is 11.8 Å². The van der Waals surface area contributed by atoms with Gasteiger partial charge in [0.25, 0.3) is 5.22 Å². The first kappa shape index (κ1) is 21.6. The van der Waals surface area contributed by atoms with Crippen LogP contribution in [0.5, 0.6) is 0 Å². The van der Waals surface area contributed by atoms with Crippen molar-refractivity contribution in [2.75, 3.05) is 5.75 Å². The molecule has 5 nitrogen and oxygen atoms in total. The molecule has 0 spiro atoms. The van der Waals surface area contributed by atoms with Gasteiger partial charge < -0.3 is 9.32 Å². The number of aromatic nitrogens is 2. The van der Waals surface area contributed by atoms with Gasteiger partial charge in [-0.25, -0.2) is 4.39 Å². The van der Waals surface area contributed by atoms with Crippen LogP contribution in [0.25, 0.3) is 11.5 Å². The fourth-order valence-electron chi connectivity index (χ4n) is 4.00. The van der Waals surface area contributed by atoms with E-state index < -0.39 is 0 Å². The molecule has 1 amide bonds. The highest BCUT2D eigenvalue weighted by Gasteiger charge is 2.26. The van der Waals surface area contributed by atoms with Crippen molar-refractivity contribution in [1.82, 2.24) is 15.1 Å². The van der Waals surface area contributed by atoms with Crippen LogP contribution in [-0.2, 0) is 11.3 Å². The van der Waals surface area contributed by atoms with Gasteiger partial charge in [-0.2, -0.15) is 0 Å². The maximum absolute atomic E-state index is 13.3. The Kier molecular flexibility index (Phi) is 7.02. The Hall–Kier alpha value is -2.67. The summed E-state index contributed by atoms with van der Waals surface area (Å²) in [5.41, 5.74) is 2.89. The highest BCUT2D eigenvalue weighted by atomic mass is 32.2. The number of rotatable bonds is 7. The summed E-state index contributed by atoms with van der Waals surface area (Å²) in [5.74, 6) is 0.462. The molecule has 0 bridgehead atoms. The molecular formula is C24H26FN3O2S. The largest absolute Gasteiger partial charge is 0.411 e. The van der Waals surface area contributed by atoms with Crippen molar-refractivity contribution in [3.8, 4) is 11.5 Å². The highest BCUT2D eigenvalue weighted by molar-refractivity contribution is 7.99. The number of nitrogens with zero attached hydrogens (tertiary/aromatic N) is 3. The van der Waals surface area contributed by atoms with E-state index in [2.05, 4.69) is 10.2 Å². The zero-order valence-corrected chi connectivity index (χ0v) is 18.4. The Bertz CT molecular complexity index is 1020. The van der Waals surface area contributed by atoms with Gasteiger partial charge in [0.1, 0.15) is 5.82 Å². The zero-order valence-electron chi connectivity index (χ0n) is 17.6. The first-order valence-electron chi connectivity index (χ1n) is 10.7. The summed E-state index contributed by atoms with van der Waals surface area (Å²) >= 11 is 1.26. The normalized spacial score (nSPS) is 14.5. The molecular weight excluding hydrogens is 413 g/mol. The summed E-state index contributed by atoms with van der Waals surface area (Å²) in [6.07, 6.45) is 5.50. The monoisotopic (exact) mass is 439 g/mol. The van der Waals surface area contributed by atoms with Crippen LogP contribution in [0.15, 0.2) is 58.2 Å². The Morgan fingerprint density at radius 1 is 1.10 bits per heavy atom. The summed E-state index contributed by atoms with van der Waals surface area (Å²) in [6, 6.07) is 14.4. The molecule has 4 rings (SSSR count). The molecule has 3 aromatic rings. The first-order valence-corrected chi connectivity index (χ1v) is 11.6. The number of benzene rings is 2. The molecule has 162 valence electrons. The number of hydrogen-bond acceptors (Lipinski definition) is 5. The fraction of sp³-hybridized carbons (Fsp3) is 0.375. The third kappa shape index (κ3) is 5.53. The van der Waals surface area contributed by atoms with Crippen molar-refractivity contribution in [2.24, 2.45) is 0 Å². The Labute approximate surface area is 186 Å². The summed E-state index contributed by atoms with van der Waals surface area (Å²) in [5, 5.41) is 8.63. The Balaban J connectivity index is 1.43. The van der Waals surface area contributed by atoms with Crippen molar-refractivity contribution in [1.29, 1.82) is 0 Å². The lowest BCUT2D eigenvalue weighted by atomic mass is 9.94. The lowest BCUT2D eigenvalue weighted by molar-refractivity contribution is -0.132. The van der Waals surface area contributed by atoms with E-state index in [0.717, 1.165) is 42.4 Å². The number of amides is 1. The minimum absolute atomic E-state index is 0.0388. The van der Waals surface area contributed by atoms with Gasteiger partial charge >= 0.3 is 0 Å². The summed E-state index contributed by atoms with van der Waals surface area (Å²) in [4.78, 5) is 15.1. The number of aryl methyl sites for hydroxylation is 1. The molecule has 7 heteroatoms. The lowest BCUT2D eigenvalue weighted by Gasteiger charge is -2.34. The average Bonchev–Trinajstić information content (AvgIpc) is 3.27. The van der Waals surface area contributed by atoms with Crippen LogP contribution in [0.2, 0.25) is 0 Å². The first-order chi connectivity index (χ1) is 15.1. The van der Waals surface area contributed by atoms with Gasteiger partial charge in [-0.3, -0.25) is 4.79 Å². The smallest absolute Gasteiger partial charge is 0.277 e. The van der Waals surface area contributed by atoms with Crippen LogP contribution in [0.4, 0.5) is 4.39 Å². The van der Waals surface area contributed by atoms with Crippen molar-refractivity contribution >= 4 is 17.7 Å². The maximum Gasteiger partial charge on any atom is 0.277 e. The van der Waals surface area contributed by atoms with E-state index in [4.69, 9.17) is 4.42 Å². The molecule has 0 saturated heterocycles. The standard InChI is InChI=1S/C24H26FN3O2S/c1-17-7-5-6-10-21(17)23-26-27-24(30-23)31-16-22(29)28(20-8-3-2-4-9-20)15-18-11-13-19(25)14-12-18/h5-7,10-14,20H,2-4,8-9,15-16H2,1H3. The quantitative estimate of drug-likeness (QED) is 0.446. The minimum atomic E-state index is -0.268. The number of carbonyl (C=O) groups is 1. The molecule has 1 aliphatic carbocycles. The van der Waals surface area contributed by atoms with Crippen LogP contribution < -0.4 is 0 Å². The second kappa shape index (κ2) is 10.1. The lowest BCUT2D eigenvalue weighted by Crippen LogP contribution is -2.41. The van der Waals surface area contributed by atoms with Crippen molar-refractivity contribution in [3.05, 3.63) is 65.5 Å². The van der Waals surface area contributed by atoms with Gasteiger partial charge in [0.15, 0.2) is 0 Å². The average molecular weight is 440 g/mol. The van der Waals surface area contributed by atoms with E-state index in [9.17, 15) is 9.18 Å². The third-order valence-corrected chi connectivity index (χ3v) is 6.51. The van der Waals surface area contributed by atoms with E-state index >= 15 is 0 Å². The van der Waals surface area contributed by atoms with E-state index in [1.54, 1.807) is 12.1 Å². The molecule has 0 radical (unpaired) electrons. The van der Waals surface area contributed by atoms with E-state index in [1.165, 1.54) is 30.3 Å². The van der Waals surface area contributed by atoms with Crippen LogP contribution in [-0.4, -0.2) is 32.8 Å². The highest BCUT2D eigenvalue weighted by Crippen LogP contribution is 2.28. The van der Waals surface area contributed by atoms with E-state index in [1.807, 2.05) is 36.1 Å². The molecule has 1 aliphatic rings. The number of hydrogen-bond donors (Lipinski definition) is 0. The summed E-state index contributed by atoms with van der Waals surface area (Å²) < 4.78 is 19.1. The minimum Gasteiger partial charge on any atom is -0.411 e. The molecule has 2 aromatic carbocycles. The van der Waals surface area contributed by atoms with Crippen LogP contribution in [0.1, 0.15) is 43.2 Å². The topological polar surface area (TPSA) is 59.2 Å². The molecule has 0 N–H and O–H groups in total. The van der Waals surface area contributed by atoms with E-state index in [-0.39, 0.29) is 23.5 Å². The molecule has 0 aliphatic heterocycles. The van der Waals surface area contributed by atoms with Crippen molar-refractivity contribution in [3.63, 3.8) is 0 Å². The van der Waals surface area contributed by atoms with Crippen molar-refractivity contribution in [2.45, 2.75) is 56.8 Å². The second-order valence-corrected chi connectivity index (χ2v) is 8.84. The summed E-state index contributed by atoms with van der Waals surface area (Å²) in [6.45, 7) is 2.48. The molecule has 0 unspecified atom stereocenters. The maximum atomic E-state index is 13.3. The molecule has 1 saturated carbocycles. The van der Waals surface area contributed by atoms with Gasteiger partial charge in [-0.15, -0.1) is 10.2 Å². The molecule has 1 aromatic heterocycles. The zero-order chi connectivity index (χ0) is 21.6. The third-order valence-electron chi connectivity index (χ3n) is 5.70.